The van der Waals surface area contributed by atoms with Gasteiger partial charge in [-0.2, -0.15) is 0 Å². The Hall–Kier alpha value is -2.15. The molecule has 1 aromatic heterocycles. The van der Waals surface area contributed by atoms with E-state index in [1.165, 1.54) is 11.9 Å². The Morgan fingerprint density at radius 2 is 1.91 bits per heavy atom. The zero-order valence-corrected chi connectivity index (χ0v) is 14.0. The predicted octanol–water partition coefficient (Wildman–Crippen LogP) is 2.44. The van der Waals surface area contributed by atoms with E-state index in [0.717, 1.165) is 11.3 Å². The molecule has 1 saturated heterocycles. The van der Waals surface area contributed by atoms with Crippen molar-refractivity contribution in [3.8, 4) is 0 Å². The van der Waals surface area contributed by atoms with Gasteiger partial charge < -0.3 is 10.6 Å². The van der Waals surface area contributed by atoms with Crippen molar-refractivity contribution < 1.29 is 8.42 Å². The van der Waals surface area contributed by atoms with Crippen LogP contribution in [-0.4, -0.2) is 35.9 Å². The molecule has 2 N–H and O–H groups in total. The standard InChI is InChI=1S/C16H20N4O2S/c1-11-3-4-12(2)14(7-11)20-16-8-15(17-10-18-16)19-13-5-6-23(21,22)9-13/h3-4,7-8,10,13H,5-6,9H2,1-2H3,(H2,17,18,19,20). The molecule has 1 fully saturated rings. The molecule has 122 valence electrons. The molecule has 1 aliphatic rings. The van der Waals surface area contributed by atoms with Gasteiger partial charge >= 0.3 is 0 Å². The van der Waals surface area contributed by atoms with Crippen molar-refractivity contribution in [1.82, 2.24) is 9.97 Å². The molecular weight excluding hydrogens is 312 g/mol. The molecule has 3 rings (SSSR count). The molecule has 2 aromatic rings. The average Bonchev–Trinajstić information content (AvgIpc) is 2.82. The van der Waals surface area contributed by atoms with Crippen LogP contribution in [0.4, 0.5) is 17.3 Å². The van der Waals surface area contributed by atoms with E-state index in [9.17, 15) is 8.42 Å². The van der Waals surface area contributed by atoms with Crippen LogP contribution in [-0.2, 0) is 9.84 Å². The number of nitrogens with zero attached hydrogens (tertiary/aromatic N) is 2. The SMILES string of the molecule is Cc1ccc(C)c(Nc2cc(NC3CCS(=O)(=O)C3)ncn2)c1. The zero-order valence-electron chi connectivity index (χ0n) is 13.2. The first-order valence-corrected chi connectivity index (χ1v) is 9.37. The molecule has 1 aliphatic heterocycles. The lowest BCUT2D eigenvalue weighted by Crippen LogP contribution is -2.21. The monoisotopic (exact) mass is 332 g/mol. The molecule has 0 bridgehead atoms. The Balaban J connectivity index is 1.74. The third-order valence-electron chi connectivity index (χ3n) is 3.91. The van der Waals surface area contributed by atoms with Gasteiger partial charge in [0.05, 0.1) is 11.5 Å². The summed E-state index contributed by atoms with van der Waals surface area (Å²) >= 11 is 0. The Morgan fingerprint density at radius 1 is 1.13 bits per heavy atom. The van der Waals surface area contributed by atoms with E-state index in [0.29, 0.717) is 18.1 Å². The van der Waals surface area contributed by atoms with E-state index < -0.39 is 9.84 Å². The van der Waals surface area contributed by atoms with Gasteiger partial charge in [0, 0.05) is 17.8 Å². The molecule has 23 heavy (non-hydrogen) atoms. The van der Waals surface area contributed by atoms with E-state index in [1.54, 1.807) is 6.07 Å². The fourth-order valence-electron chi connectivity index (χ4n) is 2.63. The second kappa shape index (κ2) is 6.16. The number of sulfone groups is 1. The Bertz CT molecular complexity index is 821. The summed E-state index contributed by atoms with van der Waals surface area (Å²) in [6.07, 6.45) is 2.09. The van der Waals surface area contributed by atoms with Gasteiger partial charge in [0.15, 0.2) is 9.84 Å². The van der Waals surface area contributed by atoms with E-state index >= 15 is 0 Å². The lowest BCUT2D eigenvalue weighted by Gasteiger charge is -2.13. The summed E-state index contributed by atoms with van der Waals surface area (Å²) in [6.45, 7) is 4.07. The number of aromatic nitrogens is 2. The molecule has 0 saturated carbocycles. The highest BCUT2D eigenvalue weighted by atomic mass is 32.2. The van der Waals surface area contributed by atoms with Crippen molar-refractivity contribution in [3.63, 3.8) is 0 Å². The molecule has 0 spiro atoms. The Morgan fingerprint density at radius 3 is 2.65 bits per heavy atom. The fraction of sp³-hybridized carbons (Fsp3) is 0.375. The molecule has 0 amide bonds. The predicted molar refractivity (Wildman–Crippen MR) is 91.9 cm³/mol. The first kappa shape index (κ1) is 15.7. The quantitative estimate of drug-likeness (QED) is 0.894. The number of aryl methyl sites for hydroxylation is 2. The van der Waals surface area contributed by atoms with Crippen molar-refractivity contribution in [2.24, 2.45) is 0 Å². The highest BCUT2D eigenvalue weighted by molar-refractivity contribution is 7.91. The number of anilines is 3. The summed E-state index contributed by atoms with van der Waals surface area (Å²) in [5, 5.41) is 6.46. The molecule has 0 aliphatic carbocycles. The summed E-state index contributed by atoms with van der Waals surface area (Å²) in [6, 6.07) is 7.90. The molecule has 2 heterocycles. The summed E-state index contributed by atoms with van der Waals surface area (Å²) in [7, 11) is -2.91. The second-order valence-electron chi connectivity index (χ2n) is 5.98. The molecular formula is C16H20N4O2S. The normalized spacial score (nSPS) is 19.5. The van der Waals surface area contributed by atoms with E-state index in [-0.39, 0.29) is 17.5 Å². The van der Waals surface area contributed by atoms with Crippen molar-refractivity contribution in [2.45, 2.75) is 26.3 Å². The van der Waals surface area contributed by atoms with Crippen molar-refractivity contribution in [3.05, 3.63) is 41.7 Å². The maximum absolute atomic E-state index is 11.5. The molecule has 1 atom stereocenters. The number of hydrogen-bond acceptors (Lipinski definition) is 6. The fourth-order valence-corrected chi connectivity index (χ4v) is 4.30. The lowest BCUT2D eigenvalue weighted by molar-refractivity contribution is 0.602. The number of hydrogen-bond donors (Lipinski definition) is 2. The lowest BCUT2D eigenvalue weighted by atomic mass is 10.1. The molecule has 7 heteroatoms. The van der Waals surface area contributed by atoms with Crippen LogP contribution >= 0.6 is 0 Å². The third kappa shape index (κ3) is 3.98. The van der Waals surface area contributed by atoms with Crippen LogP contribution in [0.5, 0.6) is 0 Å². The van der Waals surface area contributed by atoms with Gasteiger partial charge in [-0.15, -0.1) is 0 Å². The van der Waals surface area contributed by atoms with Crippen LogP contribution in [0.3, 0.4) is 0 Å². The number of rotatable bonds is 4. The number of benzene rings is 1. The largest absolute Gasteiger partial charge is 0.366 e. The summed E-state index contributed by atoms with van der Waals surface area (Å²) in [4.78, 5) is 8.40. The summed E-state index contributed by atoms with van der Waals surface area (Å²) in [5.74, 6) is 1.71. The van der Waals surface area contributed by atoms with Crippen LogP contribution in [0, 0.1) is 13.8 Å². The Kier molecular flexibility index (Phi) is 4.21. The zero-order chi connectivity index (χ0) is 16.4. The van der Waals surface area contributed by atoms with Crippen LogP contribution in [0.25, 0.3) is 0 Å². The van der Waals surface area contributed by atoms with Gasteiger partial charge in [-0.1, -0.05) is 12.1 Å². The first-order chi connectivity index (χ1) is 10.9. The minimum Gasteiger partial charge on any atom is -0.366 e. The molecule has 1 aromatic carbocycles. The minimum atomic E-state index is -2.91. The minimum absolute atomic E-state index is 0.0801. The molecule has 1 unspecified atom stereocenters. The Labute approximate surface area is 136 Å². The van der Waals surface area contributed by atoms with E-state index in [4.69, 9.17) is 0 Å². The topological polar surface area (TPSA) is 84.0 Å². The van der Waals surface area contributed by atoms with Gasteiger partial charge in [0.2, 0.25) is 0 Å². The van der Waals surface area contributed by atoms with Gasteiger partial charge in [-0.25, -0.2) is 18.4 Å². The van der Waals surface area contributed by atoms with Gasteiger partial charge in [-0.05, 0) is 37.5 Å². The smallest absolute Gasteiger partial charge is 0.152 e. The second-order valence-corrected chi connectivity index (χ2v) is 8.20. The maximum atomic E-state index is 11.5. The van der Waals surface area contributed by atoms with Gasteiger partial charge in [-0.3, -0.25) is 0 Å². The van der Waals surface area contributed by atoms with Crippen LogP contribution in [0.2, 0.25) is 0 Å². The van der Waals surface area contributed by atoms with E-state index in [2.05, 4.69) is 38.8 Å². The summed E-state index contributed by atoms with van der Waals surface area (Å²) in [5.41, 5.74) is 3.30. The maximum Gasteiger partial charge on any atom is 0.152 e. The average molecular weight is 332 g/mol. The van der Waals surface area contributed by atoms with Gasteiger partial charge in [0.25, 0.3) is 0 Å². The number of nitrogens with one attached hydrogen (secondary N) is 2. The molecule has 6 nitrogen and oxygen atoms in total. The highest BCUT2D eigenvalue weighted by Crippen LogP contribution is 2.22. The van der Waals surface area contributed by atoms with Crippen molar-refractivity contribution >= 4 is 27.2 Å². The van der Waals surface area contributed by atoms with Crippen LogP contribution in [0.15, 0.2) is 30.6 Å². The van der Waals surface area contributed by atoms with Crippen LogP contribution < -0.4 is 10.6 Å². The summed E-state index contributed by atoms with van der Waals surface area (Å²) < 4.78 is 23.0. The highest BCUT2D eigenvalue weighted by Gasteiger charge is 2.27. The van der Waals surface area contributed by atoms with Gasteiger partial charge in [0.1, 0.15) is 18.0 Å². The first-order valence-electron chi connectivity index (χ1n) is 7.54. The molecule has 0 radical (unpaired) electrons. The van der Waals surface area contributed by atoms with E-state index in [1.807, 2.05) is 13.8 Å². The third-order valence-corrected chi connectivity index (χ3v) is 5.68. The van der Waals surface area contributed by atoms with Crippen LogP contribution in [0.1, 0.15) is 17.5 Å². The van der Waals surface area contributed by atoms with Crippen molar-refractivity contribution in [2.75, 3.05) is 22.1 Å². The van der Waals surface area contributed by atoms with Crippen molar-refractivity contribution in [1.29, 1.82) is 0 Å².